The van der Waals surface area contributed by atoms with Gasteiger partial charge in [-0.1, -0.05) is 0 Å². The van der Waals surface area contributed by atoms with Crippen LogP contribution in [0.15, 0.2) is 24.5 Å². The second kappa shape index (κ2) is 7.39. The lowest BCUT2D eigenvalue weighted by atomic mass is 10.2. The van der Waals surface area contributed by atoms with Gasteiger partial charge in [0.05, 0.1) is 5.56 Å². The molecule has 0 saturated carbocycles. The number of nitrogens with one attached hydrogen (secondary N) is 1. The van der Waals surface area contributed by atoms with Crippen LogP contribution in [0.25, 0.3) is 0 Å². The first kappa shape index (κ1) is 15.8. The number of hydrogen-bond acceptors (Lipinski definition) is 3. The molecule has 0 atom stereocenters. The van der Waals surface area contributed by atoms with Crippen molar-refractivity contribution in [3.05, 3.63) is 30.1 Å². The Balaban J connectivity index is 0.00000180. The predicted octanol–water partition coefficient (Wildman–Crippen LogP) is -4.49. The Morgan fingerprint density at radius 2 is 1.84 bits per heavy atom. The Bertz CT molecular complexity index is 444. The van der Waals surface area contributed by atoms with Crippen molar-refractivity contribution < 1.29 is 38.1 Å². The van der Waals surface area contributed by atoms with E-state index in [2.05, 4.69) is 5.32 Å². The molecule has 1 aromatic rings. The quantitative estimate of drug-likeness (QED) is 0.413. The summed E-state index contributed by atoms with van der Waals surface area (Å²) in [5.41, 5.74) is 5.73. The Kier molecular flexibility index (Phi) is 6.16. The van der Waals surface area contributed by atoms with Gasteiger partial charge < -0.3 is 39.9 Å². The smallest absolute Gasteiger partial charge is 0.283 e. The molecule has 19 heavy (non-hydrogen) atoms. The Morgan fingerprint density at radius 1 is 1.26 bits per heavy atom. The molecule has 2 heterocycles. The van der Waals surface area contributed by atoms with Gasteiger partial charge in [-0.3, -0.25) is 9.59 Å². The SMILES string of the molecule is NC(=O)C[n+]1ccc(C(=O)N2CCNCC2)cc1.[I-]. The summed E-state index contributed by atoms with van der Waals surface area (Å²) in [7, 11) is 0. The Labute approximate surface area is 129 Å². The zero-order valence-corrected chi connectivity index (χ0v) is 12.7. The maximum atomic E-state index is 12.1. The second-order valence-corrected chi connectivity index (χ2v) is 4.27. The molecule has 0 unspecified atom stereocenters. The van der Waals surface area contributed by atoms with Crippen molar-refractivity contribution in [2.24, 2.45) is 5.73 Å². The molecular formula is C12H17IN4O2. The highest BCUT2D eigenvalue weighted by Crippen LogP contribution is 2.03. The molecule has 0 aromatic carbocycles. The van der Waals surface area contributed by atoms with E-state index in [0.29, 0.717) is 5.56 Å². The number of rotatable bonds is 3. The van der Waals surface area contributed by atoms with Crippen LogP contribution in [-0.2, 0) is 11.3 Å². The van der Waals surface area contributed by atoms with Gasteiger partial charge in [-0.15, -0.1) is 0 Å². The topological polar surface area (TPSA) is 79.3 Å². The van der Waals surface area contributed by atoms with Gasteiger partial charge in [0.2, 0.25) is 6.54 Å². The number of nitrogens with zero attached hydrogens (tertiary/aromatic N) is 2. The molecular weight excluding hydrogens is 359 g/mol. The highest BCUT2D eigenvalue weighted by atomic mass is 127. The first-order valence-electron chi connectivity index (χ1n) is 5.94. The number of halogens is 1. The van der Waals surface area contributed by atoms with Gasteiger partial charge in [0, 0.05) is 38.3 Å². The summed E-state index contributed by atoms with van der Waals surface area (Å²) in [5.74, 6) is -0.371. The zero-order valence-electron chi connectivity index (χ0n) is 10.5. The number of hydrogen-bond donors (Lipinski definition) is 2. The molecule has 1 aliphatic rings. The number of nitrogens with two attached hydrogens (primary N) is 1. The van der Waals surface area contributed by atoms with E-state index in [0.717, 1.165) is 26.2 Å². The fourth-order valence-electron chi connectivity index (χ4n) is 1.94. The molecule has 3 N–H and O–H groups in total. The first-order chi connectivity index (χ1) is 8.66. The van der Waals surface area contributed by atoms with E-state index >= 15 is 0 Å². The van der Waals surface area contributed by atoms with E-state index in [4.69, 9.17) is 5.73 Å². The Hall–Kier alpha value is -1.22. The third-order valence-electron chi connectivity index (χ3n) is 2.88. The third-order valence-corrected chi connectivity index (χ3v) is 2.88. The van der Waals surface area contributed by atoms with Crippen molar-refractivity contribution in [3.63, 3.8) is 0 Å². The molecule has 1 aliphatic heterocycles. The highest BCUT2D eigenvalue weighted by molar-refractivity contribution is 5.94. The highest BCUT2D eigenvalue weighted by Gasteiger charge is 2.18. The van der Waals surface area contributed by atoms with Crippen LogP contribution in [0, 0.1) is 0 Å². The molecule has 1 aromatic heterocycles. The summed E-state index contributed by atoms with van der Waals surface area (Å²) in [6.07, 6.45) is 3.39. The normalized spacial score (nSPS) is 14.6. The summed E-state index contributed by atoms with van der Waals surface area (Å²) in [5, 5.41) is 3.20. The van der Waals surface area contributed by atoms with Crippen LogP contribution < -0.4 is 39.6 Å². The van der Waals surface area contributed by atoms with Crippen molar-refractivity contribution in [2.75, 3.05) is 26.2 Å². The van der Waals surface area contributed by atoms with E-state index < -0.39 is 5.91 Å². The zero-order chi connectivity index (χ0) is 13.0. The van der Waals surface area contributed by atoms with Gasteiger partial charge in [-0.25, -0.2) is 0 Å². The standard InChI is InChI=1S/C12H16N4O2.HI/c13-11(17)9-15-5-1-10(2-6-15)12(18)16-7-3-14-4-8-16;/h1-2,5-6,14H,3-4,7-9H2,(H-,13,17);1H. The van der Waals surface area contributed by atoms with Crippen LogP contribution in [0.1, 0.15) is 10.4 Å². The number of pyridine rings is 1. The fraction of sp³-hybridized carbons (Fsp3) is 0.417. The van der Waals surface area contributed by atoms with Gasteiger partial charge in [0.25, 0.3) is 11.8 Å². The van der Waals surface area contributed by atoms with Crippen molar-refractivity contribution in [1.29, 1.82) is 0 Å². The van der Waals surface area contributed by atoms with E-state index in [1.807, 2.05) is 4.90 Å². The van der Waals surface area contributed by atoms with Crippen LogP contribution >= 0.6 is 0 Å². The largest absolute Gasteiger partial charge is 1.00 e. The van der Waals surface area contributed by atoms with E-state index in [-0.39, 0.29) is 36.4 Å². The number of aromatic nitrogens is 1. The lowest BCUT2D eigenvalue weighted by Gasteiger charge is -2.27. The number of carbonyl (C=O) groups is 2. The first-order valence-corrected chi connectivity index (χ1v) is 5.94. The van der Waals surface area contributed by atoms with Crippen molar-refractivity contribution in [3.8, 4) is 0 Å². The molecule has 1 fully saturated rings. The monoisotopic (exact) mass is 376 g/mol. The van der Waals surface area contributed by atoms with E-state index in [1.165, 1.54) is 0 Å². The van der Waals surface area contributed by atoms with Gasteiger partial charge >= 0.3 is 0 Å². The van der Waals surface area contributed by atoms with Crippen LogP contribution in [-0.4, -0.2) is 42.9 Å². The summed E-state index contributed by atoms with van der Waals surface area (Å²) < 4.78 is 1.65. The van der Waals surface area contributed by atoms with E-state index in [1.54, 1.807) is 29.1 Å². The van der Waals surface area contributed by atoms with Crippen molar-refractivity contribution in [2.45, 2.75) is 6.54 Å². The Morgan fingerprint density at radius 3 is 2.37 bits per heavy atom. The number of piperazine rings is 1. The summed E-state index contributed by atoms with van der Waals surface area (Å²) in [4.78, 5) is 24.7. The van der Waals surface area contributed by atoms with Crippen LogP contribution in [0.3, 0.4) is 0 Å². The predicted molar refractivity (Wildman–Crippen MR) is 64.6 cm³/mol. The molecule has 104 valence electrons. The summed E-state index contributed by atoms with van der Waals surface area (Å²) in [6, 6.07) is 3.43. The fourth-order valence-corrected chi connectivity index (χ4v) is 1.94. The minimum absolute atomic E-state index is 0. The maximum Gasteiger partial charge on any atom is 0.283 e. The van der Waals surface area contributed by atoms with Gasteiger partial charge in [0.15, 0.2) is 12.4 Å². The summed E-state index contributed by atoms with van der Waals surface area (Å²) in [6.45, 7) is 3.26. The number of amides is 2. The molecule has 2 rings (SSSR count). The minimum atomic E-state index is -0.402. The van der Waals surface area contributed by atoms with Crippen LogP contribution in [0.5, 0.6) is 0 Å². The van der Waals surface area contributed by atoms with Crippen LogP contribution in [0.2, 0.25) is 0 Å². The van der Waals surface area contributed by atoms with Gasteiger partial charge in [-0.05, 0) is 0 Å². The van der Waals surface area contributed by atoms with Gasteiger partial charge in [0.1, 0.15) is 0 Å². The molecule has 0 bridgehead atoms. The molecule has 6 nitrogen and oxygen atoms in total. The van der Waals surface area contributed by atoms with E-state index in [9.17, 15) is 9.59 Å². The number of primary amides is 1. The minimum Gasteiger partial charge on any atom is -1.00 e. The molecule has 2 amide bonds. The average Bonchev–Trinajstić information content (AvgIpc) is 2.39. The molecule has 1 saturated heterocycles. The van der Waals surface area contributed by atoms with Crippen molar-refractivity contribution >= 4 is 11.8 Å². The maximum absolute atomic E-state index is 12.1. The lowest BCUT2D eigenvalue weighted by Crippen LogP contribution is -3.00. The van der Waals surface area contributed by atoms with Crippen molar-refractivity contribution in [1.82, 2.24) is 10.2 Å². The third kappa shape index (κ3) is 4.43. The molecule has 0 radical (unpaired) electrons. The summed E-state index contributed by atoms with van der Waals surface area (Å²) >= 11 is 0. The number of carbonyl (C=O) groups excluding carboxylic acids is 2. The molecule has 0 aliphatic carbocycles. The lowest BCUT2D eigenvalue weighted by molar-refractivity contribution is -0.684. The second-order valence-electron chi connectivity index (χ2n) is 4.27. The average molecular weight is 376 g/mol. The van der Waals surface area contributed by atoms with Gasteiger partial charge in [-0.2, -0.15) is 4.57 Å². The van der Waals surface area contributed by atoms with Crippen LogP contribution in [0.4, 0.5) is 0 Å². The molecule has 7 heteroatoms. The molecule has 0 spiro atoms.